The highest BCUT2D eigenvalue weighted by Crippen LogP contribution is 2.28. The lowest BCUT2D eigenvalue weighted by molar-refractivity contribution is -0.129. The van der Waals surface area contributed by atoms with E-state index in [1.165, 1.54) is 12.1 Å². The molecule has 0 spiro atoms. The van der Waals surface area contributed by atoms with Gasteiger partial charge in [-0.05, 0) is 36.4 Å². The van der Waals surface area contributed by atoms with Crippen LogP contribution < -0.4 is 4.90 Å². The number of benzene rings is 2. The SMILES string of the molecule is CC(=O)N1CCN(c2ccc3nc(-c4n[nH]c5ccc(F)cc45)[nH]c3c2)CC1. The van der Waals surface area contributed by atoms with Crippen LogP contribution in [0, 0.1) is 5.82 Å². The average molecular weight is 378 g/mol. The van der Waals surface area contributed by atoms with Gasteiger partial charge in [-0.2, -0.15) is 5.10 Å². The zero-order chi connectivity index (χ0) is 19.3. The van der Waals surface area contributed by atoms with E-state index >= 15 is 0 Å². The molecular weight excluding hydrogens is 359 g/mol. The van der Waals surface area contributed by atoms with Crippen LogP contribution in [-0.2, 0) is 4.79 Å². The summed E-state index contributed by atoms with van der Waals surface area (Å²) in [5, 5.41) is 7.92. The number of piperazine rings is 1. The van der Waals surface area contributed by atoms with E-state index in [9.17, 15) is 9.18 Å². The first-order chi connectivity index (χ1) is 13.6. The largest absolute Gasteiger partial charge is 0.368 e. The zero-order valence-electron chi connectivity index (χ0n) is 15.4. The van der Waals surface area contributed by atoms with Crippen LogP contribution in [0.5, 0.6) is 0 Å². The van der Waals surface area contributed by atoms with E-state index in [0.29, 0.717) is 16.9 Å². The molecule has 0 saturated carbocycles. The van der Waals surface area contributed by atoms with E-state index in [0.717, 1.165) is 48.4 Å². The van der Waals surface area contributed by atoms with Crippen molar-refractivity contribution in [2.24, 2.45) is 0 Å². The van der Waals surface area contributed by atoms with Crippen molar-refractivity contribution in [1.29, 1.82) is 0 Å². The van der Waals surface area contributed by atoms with E-state index < -0.39 is 0 Å². The molecule has 3 heterocycles. The summed E-state index contributed by atoms with van der Waals surface area (Å²) in [5.74, 6) is 0.416. The molecule has 142 valence electrons. The number of nitrogens with one attached hydrogen (secondary N) is 2. The molecule has 0 atom stereocenters. The lowest BCUT2D eigenvalue weighted by atomic mass is 10.2. The maximum absolute atomic E-state index is 13.6. The Morgan fingerprint density at radius 1 is 1.07 bits per heavy atom. The van der Waals surface area contributed by atoms with Gasteiger partial charge in [0.25, 0.3) is 0 Å². The first-order valence-corrected chi connectivity index (χ1v) is 9.23. The Morgan fingerprint density at radius 3 is 2.68 bits per heavy atom. The predicted octanol–water partition coefficient (Wildman–Crippen LogP) is 2.91. The number of hydrogen-bond donors (Lipinski definition) is 2. The number of carbonyl (C=O) groups excluding carboxylic acids is 1. The molecule has 1 fully saturated rings. The maximum Gasteiger partial charge on any atom is 0.219 e. The third kappa shape index (κ3) is 2.77. The van der Waals surface area contributed by atoms with Gasteiger partial charge in [0.2, 0.25) is 5.91 Å². The van der Waals surface area contributed by atoms with E-state index in [1.54, 1.807) is 13.0 Å². The lowest BCUT2D eigenvalue weighted by Crippen LogP contribution is -2.48. The summed E-state index contributed by atoms with van der Waals surface area (Å²) in [6.45, 7) is 4.67. The second-order valence-electron chi connectivity index (χ2n) is 7.04. The van der Waals surface area contributed by atoms with E-state index in [1.807, 2.05) is 17.0 Å². The van der Waals surface area contributed by atoms with Gasteiger partial charge in [-0.3, -0.25) is 9.89 Å². The molecule has 4 aromatic rings. The van der Waals surface area contributed by atoms with Crippen LogP contribution in [-0.4, -0.2) is 57.2 Å². The van der Waals surface area contributed by atoms with Crippen molar-refractivity contribution >= 4 is 33.5 Å². The van der Waals surface area contributed by atoms with Gasteiger partial charge in [0, 0.05) is 44.2 Å². The van der Waals surface area contributed by atoms with Crippen molar-refractivity contribution in [3.05, 3.63) is 42.2 Å². The Balaban J connectivity index is 1.47. The van der Waals surface area contributed by atoms with Gasteiger partial charge >= 0.3 is 0 Å². The molecule has 1 aliphatic heterocycles. The minimum atomic E-state index is -0.307. The average Bonchev–Trinajstić information content (AvgIpc) is 3.30. The number of aromatic amines is 2. The minimum Gasteiger partial charge on any atom is -0.368 e. The Morgan fingerprint density at radius 2 is 1.89 bits per heavy atom. The van der Waals surface area contributed by atoms with E-state index in [2.05, 4.69) is 31.1 Å². The number of imidazole rings is 1. The molecule has 0 bridgehead atoms. The highest BCUT2D eigenvalue weighted by Gasteiger charge is 2.20. The number of hydrogen-bond acceptors (Lipinski definition) is 4. The number of H-pyrrole nitrogens is 2. The molecule has 7 nitrogen and oxygen atoms in total. The molecule has 2 aromatic carbocycles. The lowest BCUT2D eigenvalue weighted by Gasteiger charge is -2.35. The van der Waals surface area contributed by atoms with E-state index in [-0.39, 0.29) is 11.7 Å². The third-order valence-electron chi connectivity index (χ3n) is 5.30. The van der Waals surface area contributed by atoms with Gasteiger partial charge in [0.1, 0.15) is 11.5 Å². The second kappa shape index (κ2) is 6.33. The molecular formula is C20H19FN6O. The summed E-state index contributed by atoms with van der Waals surface area (Å²) >= 11 is 0. The molecule has 5 rings (SSSR count). The van der Waals surface area contributed by atoms with Gasteiger partial charge < -0.3 is 14.8 Å². The fourth-order valence-corrected chi connectivity index (χ4v) is 3.75. The monoisotopic (exact) mass is 378 g/mol. The van der Waals surface area contributed by atoms with Crippen molar-refractivity contribution in [2.45, 2.75) is 6.92 Å². The van der Waals surface area contributed by atoms with Gasteiger partial charge in [0.05, 0.1) is 16.6 Å². The van der Waals surface area contributed by atoms with Crippen molar-refractivity contribution in [3.8, 4) is 11.5 Å². The third-order valence-corrected chi connectivity index (χ3v) is 5.30. The summed E-state index contributed by atoms with van der Waals surface area (Å²) in [6.07, 6.45) is 0. The van der Waals surface area contributed by atoms with Crippen LogP contribution in [0.15, 0.2) is 36.4 Å². The number of anilines is 1. The quantitative estimate of drug-likeness (QED) is 0.562. The normalized spacial score (nSPS) is 14.9. The summed E-state index contributed by atoms with van der Waals surface area (Å²) in [7, 11) is 0. The molecule has 1 aliphatic rings. The number of halogens is 1. The summed E-state index contributed by atoms with van der Waals surface area (Å²) < 4.78 is 13.6. The number of rotatable bonds is 2. The maximum atomic E-state index is 13.6. The zero-order valence-corrected chi connectivity index (χ0v) is 15.4. The molecule has 1 amide bonds. The topological polar surface area (TPSA) is 80.9 Å². The number of aromatic nitrogens is 4. The van der Waals surface area contributed by atoms with Crippen LogP contribution in [0.1, 0.15) is 6.92 Å². The Hall–Kier alpha value is -3.42. The fourth-order valence-electron chi connectivity index (χ4n) is 3.75. The molecule has 28 heavy (non-hydrogen) atoms. The standard InChI is InChI=1S/C20H19FN6O/c1-12(28)26-6-8-27(9-7-26)14-3-5-17-18(11-14)23-20(22-17)19-15-10-13(21)2-4-16(15)24-25-19/h2-5,10-11H,6-9H2,1H3,(H,22,23)(H,24,25). The Labute approximate surface area is 160 Å². The molecule has 2 aromatic heterocycles. The van der Waals surface area contributed by atoms with Crippen molar-refractivity contribution < 1.29 is 9.18 Å². The predicted molar refractivity (Wildman–Crippen MR) is 106 cm³/mol. The summed E-state index contributed by atoms with van der Waals surface area (Å²) in [6, 6.07) is 10.6. The fraction of sp³-hybridized carbons (Fsp3) is 0.250. The summed E-state index contributed by atoms with van der Waals surface area (Å²) in [5.41, 5.74) is 4.18. The summed E-state index contributed by atoms with van der Waals surface area (Å²) in [4.78, 5) is 23.6. The number of carbonyl (C=O) groups is 1. The van der Waals surface area contributed by atoms with Crippen molar-refractivity contribution in [3.63, 3.8) is 0 Å². The van der Waals surface area contributed by atoms with Gasteiger partial charge in [-0.25, -0.2) is 9.37 Å². The number of amides is 1. The first kappa shape index (κ1) is 16.7. The highest BCUT2D eigenvalue weighted by molar-refractivity contribution is 5.93. The Kier molecular flexibility index (Phi) is 3.78. The smallest absolute Gasteiger partial charge is 0.219 e. The van der Waals surface area contributed by atoms with Crippen LogP contribution >= 0.6 is 0 Å². The van der Waals surface area contributed by atoms with Gasteiger partial charge in [-0.15, -0.1) is 0 Å². The second-order valence-corrected chi connectivity index (χ2v) is 7.04. The van der Waals surface area contributed by atoms with Crippen LogP contribution in [0.25, 0.3) is 33.5 Å². The molecule has 0 radical (unpaired) electrons. The molecule has 0 unspecified atom stereocenters. The van der Waals surface area contributed by atoms with Crippen LogP contribution in [0.4, 0.5) is 10.1 Å². The number of nitrogens with zero attached hydrogens (tertiary/aromatic N) is 4. The van der Waals surface area contributed by atoms with Crippen molar-refractivity contribution in [1.82, 2.24) is 25.1 Å². The minimum absolute atomic E-state index is 0.121. The highest BCUT2D eigenvalue weighted by atomic mass is 19.1. The molecule has 8 heteroatoms. The van der Waals surface area contributed by atoms with Gasteiger partial charge in [-0.1, -0.05) is 0 Å². The Bertz CT molecular complexity index is 1190. The molecule has 1 saturated heterocycles. The first-order valence-electron chi connectivity index (χ1n) is 9.23. The molecule has 2 N–H and O–H groups in total. The van der Waals surface area contributed by atoms with Gasteiger partial charge in [0.15, 0.2) is 5.82 Å². The van der Waals surface area contributed by atoms with Crippen LogP contribution in [0.2, 0.25) is 0 Å². The molecule has 0 aliphatic carbocycles. The van der Waals surface area contributed by atoms with Crippen LogP contribution in [0.3, 0.4) is 0 Å². The van der Waals surface area contributed by atoms with Crippen molar-refractivity contribution in [2.75, 3.05) is 31.1 Å². The van der Waals surface area contributed by atoms with E-state index in [4.69, 9.17) is 0 Å². The number of fused-ring (bicyclic) bond motifs is 2.